The Morgan fingerprint density at radius 3 is 1.67 bits per heavy atom. The van der Waals surface area contributed by atoms with Crippen LogP contribution in [0.15, 0.2) is 0 Å². The lowest BCUT2D eigenvalue weighted by atomic mass is 10.0. The van der Waals surface area contributed by atoms with Gasteiger partial charge in [-0.2, -0.15) is 0 Å². The lowest BCUT2D eigenvalue weighted by Crippen LogP contribution is -2.45. The largest absolute Gasteiger partial charge is 0.449 e. The summed E-state index contributed by atoms with van der Waals surface area (Å²) in [4.78, 5) is 24.6. The highest BCUT2D eigenvalue weighted by atomic mass is 16.6. The van der Waals surface area contributed by atoms with Crippen molar-refractivity contribution in [1.29, 1.82) is 0 Å². The van der Waals surface area contributed by atoms with Gasteiger partial charge in [-0.3, -0.25) is 0 Å². The van der Waals surface area contributed by atoms with E-state index in [2.05, 4.69) is 34.3 Å². The highest BCUT2D eigenvalue weighted by Crippen LogP contribution is 2.53. The maximum Gasteiger partial charge on any atom is 0.407 e. The zero-order chi connectivity index (χ0) is 27.9. The van der Waals surface area contributed by atoms with Crippen LogP contribution < -0.4 is 10.6 Å². The molecule has 4 aliphatic rings. The van der Waals surface area contributed by atoms with Crippen LogP contribution in [0.5, 0.6) is 0 Å². The van der Waals surface area contributed by atoms with Gasteiger partial charge in [-0.05, 0) is 102 Å². The van der Waals surface area contributed by atoms with E-state index in [1.54, 1.807) is 0 Å². The smallest absolute Gasteiger partial charge is 0.407 e. The number of hydrogen-bond acceptors (Lipinski definition) is 5. The Balaban J connectivity index is 1.04. The first-order chi connectivity index (χ1) is 18.7. The van der Waals surface area contributed by atoms with Crippen molar-refractivity contribution in [1.82, 2.24) is 10.6 Å². The van der Waals surface area contributed by atoms with Crippen LogP contribution in [0.2, 0.25) is 0 Å². The van der Waals surface area contributed by atoms with Crippen molar-refractivity contribution in [2.75, 3.05) is 26.4 Å². The van der Waals surface area contributed by atoms with Gasteiger partial charge < -0.3 is 24.8 Å². The average molecular weight is 541 g/mol. The third-order valence-electron chi connectivity index (χ3n) is 9.15. The van der Waals surface area contributed by atoms with Gasteiger partial charge in [-0.15, -0.1) is 23.7 Å². The number of carbonyl (C=O) groups excluding carboxylic acids is 2. The maximum atomic E-state index is 12.4. The van der Waals surface area contributed by atoms with Gasteiger partial charge in [0.25, 0.3) is 0 Å². The minimum absolute atomic E-state index is 0.352. The van der Waals surface area contributed by atoms with Crippen LogP contribution in [-0.2, 0) is 14.2 Å². The monoisotopic (exact) mass is 540 g/mol. The standard InChI is InChI=1S/C32H48N2O5/c1-31(2,34-30(36)38-22-28-25-15-11-7-8-12-16-26(25)28)18-20-39-32(3,4)17-19-33-29(35)37-21-27-23-13-9-5-6-10-14-24(23)27/h23-28H,9-22H2,1-4H3,(H,33,35)(H,34,36)/t23-,24+,25-,26+,27?,28?. The van der Waals surface area contributed by atoms with Crippen molar-refractivity contribution in [3.8, 4) is 23.7 Å². The first-order valence-corrected chi connectivity index (χ1v) is 15.1. The van der Waals surface area contributed by atoms with Crippen molar-refractivity contribution in [2.24, 2.45) is 35.5 Å². The van der Waals surface area contributed by atoms with Crippen molar-refractivity contribution in [2.45, 2.75) is 103 Å². The van der Waals surface area contributed by atoms with Gasteiger partial charge >= 0.3 is 12.2 Å². The zero-order valence-corrected chi connectivity index (χ0v) is 24.4. The molecular weight excluding hydrogens is 492 g/mol. The first-order valence-electron chi connectivity index (χ1n) is 15.1. The van der Waals surface area contributed by atoms with E-state index in [4.69, 9.17) is 14.2 Å². The molecule has 39 heavy (non-hydrogen) atoms. The van der Waals surface area contributed by atoms with Crippen LogP contribution in [-0.4, -0.2) is 49.7 Å². The van der Waals surface area contributed by atoms with Crippen LogP contribution >= 0.6 is 0 Å². The molecule has 6 atom stereocenters. The summed E-state index contributed by atoms with van der Waals surface area (Å²) in [6, 6.07) is 0. The van der Waals surface area contributed by atoms with Gasteiger partial charge in [0, 0.05) is 44.4 Å². The van der Waals surface area contributed by atoms with Crippen molar-refractivity contribution >= 4 is 12.2 Å². The Labute approximate surface area is 235 Å². The maximum absolute atomic E-state index is 12.4. The Kier molecular flexibility index (Phi) is 10.1. The SMILES string of the molecule is CC(C)(CCOC(C)(C)CCNC(=O)OCC1[C@H]2CCC#CCC[C@@H]12)NC(=O)OCC1[C@H]2CCC#CCC[C@@H]12. The van der Waals surface area contributed by atoms with Gasteiger partial charge in [0.1, 0.15) is 0 Å². The number of ether oxygens (including phenoxy) is 3. The van der Waals surface area contributed by atoms with E-state index in [0.717, 1.165) is 51.4 Å². The highest BCUT2D eigenvalue weighted by molar-refractivity contribution is 5.68. The van der Waals surface area contributed by atoms with Crippen molar-refractivity contribution in [3.05, 3.63) is 0 Å². The molecular formula is C32H48N2O5. The minimum atomic E-state index is -0.446. The molecule has 7 nitrogen and oxygen atoms in total. The van der Waals surface area contributed by atoms with Gasteiger partial charge in [-0.1, -0.05) is 0 Å². The molecule has 2 N–H and O–H groups in total. The lowest BCUT2D eigenvalue weighted by Gasteiger charge is -2.30. The minimum Gasteiger partial charge on any atom is -0.449 e. The van der Waals surface area contributed by atoms with Gasteiger partial charge in [0.05, 0.1) is 18.8 Å². The summed E-state index contributed by atoms with van der Waals surface area (Å²) < 4.78 is 17.2. The summed E-state index contributed by atoms with van der Waals surface area (Å²) in [6.45, 7) is 9.97. The molecule has 4 aliphatic carbocycles. The second-order valence-corrected chi connectivity index (χ2v) is 13.1. The summed E-state index contributed by atoms with van der Waals surface area (Å²) in [5.74, 6) is 16.5. The van der Waals surface area contributed by atoms with Gasteiger partial charge in [0.15, 0.2) is 0 Å². The van der Waals surface area contributed by atoms with E-state index in [1.165, 1.54) is 0 Å². The summed E-state index contributed by atoms with van der Waals surface area (Å²) in [7, 11) is 0. The second kappa shape index (κ2) is 13.3. The molecule has 0 aromatic carbocycles. The quantitative estimate of drug-likeness (QED) is 0.312. The van der Waals surface area contributed by atoms with E-state index in [-0.39, 0.29) is 12.2 Å². The first kappa shape index (κ1) is 29.6. The molecule has 0 saturated heterocycles. The van der Waals surface area contributed by atoms with E-state index in [1.807, 2.05) is 27.7 Å². The molecule has 216 valence electrons. The molecule has 0 aromatic heterocycles. The van der Waals surface area contributed by atoms with Crippen LogP contribution in [0.25, 0.3) is 0 Å². The van der Waals surface area contributed by atoms with Crippen molar-refractivity contribution in [3.63, 3.8) is 0 Å². The molecule has 2 unspecified atom stereocenters. The number of fused-ring (bicyclic) bond motifs is 2. The molecule has 0 radical (unpaired) electrons. The van der Waals surface area contributed by atoms with Gasteiger partial charge in [0.2, 0.25) is 0 Å². The summed E-state index contributed by atoms with van der Waals surface area (Å²) in [5, 5.41) is 5.86. The summed E-state index contributed by atoms with van der Waals surface area (Å²) in [6.07, 6.45) is 8.98. The fraction of sp³-hybridized carbons (Fsp3) is 0.812. The number of carbonyl (C=O) groups is 2. The topological polar surface area (TPSA) is 85.9 Å². The predicted molar refractivity (Wildman–Crippen MR) is 151 cm³/mol. The van der Waals surface area contributed by atoms with Crippen LogP contribution in [0.3, 0.4) is 0 Å². The highest BCUT2D eigenvalue weighted by Gasteiger charge is 2.50. The number of amides is 2. The van der Waals surface area contributed by atoms with Crippen LogP contribution in [0, 0.1) is 59.2 Å². The molecule has 0 aromatic rings. The summed E-state index contributed by atoms with van der Waals surface area (Å²) in [5.41, 5.74) is -0.853. The van der Waals surface area contributed by atoms with Crippen LogP contribution in [0.4, 0.5) is 9.59 Å². The number of rotatable bonds is 12. The molecule has 2 fully saturated rings. The Hall–Kier alpha value is -2.38. The third-order valence-corrected chi connectivity index (χ3v) is 9.15. The Morgan fingerprint density at radius 1 is 0.718 bits per heavy atom. The number of alkyl carbamates (subject to hydrolysis) is 2. The van der Waals surface area contributed by atoms with Gasteiger partial charge in [-0.25, -0.2) is 9.59 Å². The lowest BCUT2D eigenvalue weighted by molar-refractivity contribution is -0.0300. The molecule has 7 heteroatoms. The molecule has 0 spiro atoms. The zero-order valence-electron chi connectivity index (χ0n) is 24.4. The fourth-order valence-corrected chi connectivity index (χ4v) is 6.45. The number of nitrogens with one attached hydrogen (secondary N) is 2. The molecule has 2 amide bonds. The van der Waals surface area contributed by atoms with Crippen molar-refractivity contribution < 1.29 is 23.8 Å². The molecule has 2 saturated carbocycles. The predicted octanol–water partition coefficient (Wildman–Crippen LogP) is 5.67. The third kappa shape index (κ3) is 9.35. The molecule has 0 aliphatic heterocycles. The fourth-order valence-electron chi connectivity index (χ4n) is 6.45. The normalized spacial score (nSPS) is 29.1. The molecule has 0 heterocycles. The van der Waals surface area contributed by atoms with E-state index < -0.39 is 11.1 Å². The number of hydrogen-bond donors (Lipinski definition) is 2. The van der Waals surface area contributed by atoms with E-state index in [0.29, 0.717) is 74.7 Å². The second-order valence-electron chi connectivity index (χ2n) is 13.1. The Morgan fingerprint density at radius 2 is 1.18 bits per heavy atom. The molecule has 4 rings (SSSR count). The van der Waals surface area contributed by atoms with E-state index >= 15 is 0 Å². The summed E-state index contributed by atoms with van der Waals surface area (Å²) >= 11 is 0. The van der Waals surface area contributed by atoms with Crippen LogP contribution in [0.1, 0.15) is 91.9 Å². The van der Waals surface area contributed by atoms with E-state index in [9.17, 15) is 9.59 Å². The average Bonchev–Trinajstić information content (AvgIpc) is 3.68. The Bertz CT molecular complexity index is 948. The molecule has 0 bridgehead atoms.